The Balaban J connectivity index is 0.00000261. The summed E-state index contributed by atoms with van der Waals surface area (Å²) >= 11 is 0. The van der Waals surface area contributed by atoms with E-state index in [4.69, 9.17) is 5.73 Å². The molecule has 2 fully saturated rings. The number of nitrogens with one attached hydrogen (secondary N) is 1. The van der Waals surface area contributed by atoms with E-state index in [-0.39, 0.29) is 30.3 Å². The standard InChI is InChI=1S/C19H29N3O3S.ClH/c1-14-5-7-17(8-6-14)26(24,25)22-11-9-15(10-12-22)19(23)21-18-4-2-3-16(18)13-20;/h5-8,15-16,18H,2-4,9-13,20H2,1H3,(H,21,23);1H. The van der Waals surface area contributed by atoms with E-state index >= 15 is 0 Å². The van der Waals surface area contributed by atoms with Crippen LogP contribution in [0.25, 0.3) is 0 Å². The lowest BCUT2D eigenvalue weighted by atomic mass is 9.95. The lowest BCUT2D eigenvalue weighted by Crippen LogP contribution is -2.46. The van der Waals surface area contributed by atoms with Crippen molar-refractivity contribution in [1.82, 2.24) is 9.62 Å². The molecule has 1 amide bonds. The zero-order chi connectivity index (χ0) is 18.7. The lowest BCUT2D eigenvalue weighted by molar-refractivity contribution is -0.127. The quantitative estimate of drug-likeness (QED) is 0.769. The molecule has 2 unspecified atom stereocenters. The number of amides is 1. The van der Waals surface area contributed by atoms with Crippen LogP contribution in [-0.2, 0) is 14.8 Å². The van der Waals surface area contributed by atoms with E-state index in [0.717, 1.165) is 24.8 Å². The Morgan fingerprint density at radius 1 is 1.15 bits per heavy atom. The number of carbonyl (C=O) groups is 1. The molecule has 1 heterocycles. The summed E-state index contributed by atoms with van der Waals surface area (Å²) in [6.07, 6.45) is 4.32. The van der Waals surface area contributed by atoms with Gasteiger partial charge in [0.25, 0.3) is 0 Å². The number of hydrogen-bond donors (Lipinski definition) is 2. The third kappa shape index (κ3) is 5.02. The van der Waals surface area contributed by atoms with Crippen molar-refractivity contribution in [2.45, 2.75) is 50.0 Å². The van der Waals surface area contributed by atoms with Gasteiger partial charge in [-0.2, -0.15) is 4.31 Å². The maximum Gasteiger partial charge on any atom is 0.243 e. The molecule has 1 saturated heterocycles. The van der Waals surface area contributed by atoms with Gasteiger partial charge in [-0.25, -0.2) is 8.42 Å². The highest BCUT2D eigenvalue weighted by Gasteiger charge is 2.34. The van der Waals surface area contributed by atoms with Gasteiger partial charge >= 0.3 is 0 Å². The molecule has 3 N–H and O–H groups in total. The van der Waals surface area contributed by atoms with Crippen LogP contribution in [0.15, 0.2) is 29.2 Å². The average Bonchev–Trinajstić information content (AvgIpc) is 3.09. The molecule has 152 valence electrons. The number of rotatable bonds is 5. The largest absolute Gasteiger partial charge is 0.353 e. The average molecular weight is 416 g/mol. The van der Waals surface area contributed by atoms with Gasteiger partial charge in [0.05, 0.1) is 4.90 Å². The molecule has 1 aromatic carbocycles. The van der Waals surface area contributed by atoms with Crippen molar-refractivity contribution in [2.75, 3.05) is 19.6 Å². The number of nitrogens with two attached hydrogens (primary N) is 1. The van der Waals surface area contributed by atoms with Crippen molar-refractivity contribution >= 4 is 28.3 Å². The normalized spacial score (nSPS) is 24.4. The molecular formula is C19H30ClN3O3S. The van der Waals surface area contributed by atoms with E-state index in [0.29, 0.717) is 43.3 Å². The van der Waals surface area contributed by atoms with Crippen molar-refractivity contribution in [1.29, 1.82) is 0 Å². The molecule has 3 rings (SSSR count). The number of aryl methyl sites for hydroxylation is 1. The van der Waals surface area contributed by atoms with E-state index < -0.39 is 10.0 Å². The summed E-state index contributed by atoms with van der Waals surface area (Å²) in [7, 11) is -3.48. The topological polar surface area (TPSA) is 92.5 Å². The minimum absolute atomic E-state index is 0. The Labute approximate surface area is 168 Å². The third-order valence-electron chi connectivity index (χ3n) is 5.77. The molecule has 0 aromatic heterocycles. The molecule has 2 aliphatic rings. The van der Waals surface area contributed by atoms with Crippen LogP contribution in [0.5, 0.6) is 0 Å². The number of nitrogens with zero attached hydrogens (tertiary/aromatic N) is 1. The maximum atomic E-state index is 12.7. The molecule has 1 aliphatic heterocycles. The molecular weight excluding hydrogens is 386 g/mol. The Kier molecular flexibility index (Phi) is 7.68. The van der Waals surface area contributed by atoms with E-state index in [2.05, 4.69) is 5.32 Å². The lowest BCUT2D eigenvalue weighted by Gasteiger charge is -2.31. The molecule has 8 heteroatoms. The van der Waals surface area contributed by atoms with E-state index in [1.807, 2.05) is 19.1 Å². The fourth-order valence-corrected chi connectivity index (χ4v) is 5.50. The Morgan fingerprint density at radius 3 is 2.37 bits per heavy atom. The van der Waals surface area contributed by atoms with Gasteiger partial charge in [-0.3, -0.25) is 4.79 Å². The SMILES string of the molecule is Cc1ccc(S(=O)(=O)N2CCC(C(=O)NC3CCCC3CN)CC2)cc1.Cl. The number of halogens is 1. The highest BCUT2D eigenvalue weighted by molar-refractivity contribution is 7.89. The molecule has 0 spiro atoms. The minimum atomic E-state index is -3.48. The molecule has 0 bridgehead atoms. The number of piperidine rings is 1. The van der Waals surface area contributed by atoms with Crippen LogP contribution in [0.3, 0.4) is 0 Å². The molecule has 27 heavy (non-hydrogen) atoms. The van der Waals surface area contributed by atoms with Crippen LogP contribution in [0.4, 0.5) is 0 Å². The summed E-state index contributed by atoms with van der Waals surface area (Å²) in [6, 6.07) is 7.10. The molecule has 0 radical (unpaired) electrons. The minimum Gasteiger partial charge on any atom is -0.353 e. The first-order valence-electron chi connectivity index (χ1n) is 9.49. The van der Waals surface area contributed by atoms with Gasteiger partial charge in [0.1, 0.15) is 0 Å². The first-order valence-corrected chi connectivity index (χ1v) is 10.9. The van der Waals surface area contributed by atoms with Crippen molar-refractivity contribution in [2.24, 2.45) is 17.6 Å². The second-order valence-corrected chi connectivity index (χ2v) is 9.47. The second kappa shape index (κ2) is 9.37. The van der Waals surface area contributed by atoms with Gasteiger partial charge in [0, 0.05) is 25.0 Å². The molecule has 1 aromatic rings. The molecule has 2 atom stereocenters. The number of hydrogen-bond acceptors (Lipinski definition) is 4. The van der Waals surface area contributed by atoms with Crippen molar-refractivity contribution in [3.63, 3.8) is 0 Å². The van der Waals surface area contributed by atoms with Gasteiger partial charge in [0.15, 0.2) is 0 Å². The van der Waals surface area contributed by atoms with Crippen LogP contribution in [-0.4, -0.2) is 44.3 Å². The number of carbonyl (C=O) groups excluding carboxylic acids is 1. The highest BCUT2D eigenvalue weighted by Crippen LogP contribution is 2.27. The van der Waals surface area contributed by atoms with Crippen molar-refractivity contribution < 1.29 is 13.2 Å². The monoisotopic (exact) mass is 415 g/mol. The van der Waals surface area contributed by atoms with E-state index in [1.54, 1.807) is 12.1 Å². The summed E-state index contributed by atoms with van der Waals surface area (Å²) in [5.74, 6) is 0.321. The fourth-order valence-electron chi connectivity index (χ4n) is 4.03. The van der Waals surface area contributed by atoms with Crippen LogP contribution >= 0.6 is 12.4 Å². The summed E-state index contributed by atoms with van der Waals surface area (Å²) in [4.78, 5) is 12.9. The predicted molar refractivity (Wildman–Crippen MR) is 108 cm³/mol. The van der Waals surface area contributed by atoms with Crippen LogP contribution < -0.4 is 11.1 Å². The highest BCUT2D eigenvalue weighted by atomic mass is 35.5. The van der Waals surface area contributed by atoms with Gasteiger partial charge in [-0.15, -0.1) is 12.4 Å². The van der Waals surface area contributed by atoms with Crippen molar-refractivity contribution in [3.8, 4) is 0 Å². The Hall–Kier alpha value is -1.15. The van der Waals surface area contributed by atoms with E-state index in [1.165, 1.54) is 4.31 Å². The zero-order valence-electron chi connectivity index (χ0n) is 15.8. The molecule has 1 aliphatic carbocycles. The smallest absolute Gasteiger partial charge is 0.243 e. The van der Waals surface area contributed by atoms with Gasteiger partial charge < -0.3 is 11.1 Å². The van der Waals surface area contributed by atoms with E-state index in [9.17, 15) is 13.2 Å². The first-order chi connectivity index (χ1) is 12.4. The molecule has 1 saturated carbocycles. The molecule has 6 nitrogen and oxygen atoms in total. The fraction of sp³-hybridized carbons (Fsp3) is 0.632. The summed E-state index contributed by atoms with van der Waals surface area (Å²) in [5, 5.41) is 3.15. The van der Waals surface area contributed by atoms with Gasteiger partial charge in [-0.1, -0.05) is 24.1 Å². The predicted octanol–water partition coefficient (Wildman–Crippen LogP) is 2.06. The summed E-state index contributed by atoms with van der Waals surface area (Å²) in [6.45, 7) is 3.32. The second-order valence-electron chi connectivity index (χ2n) is 7.53. The summed E-state index contributed by atoms with van der Waals surface area (Å²) in [5.41, 5.74) is 6.81. The Bertz CT molecular complexity index is 731. The van der Waals surface area contributed by atoms with Crippen LogP contribution in [0.1, 0.15) is 37.7 Å². The summed E-state index contributed by atoms with van der Waals surface area (Å²) < 4.78 is 27.0. The Morgan fingerprint density at radius 2 is 1.78 bits per heavy atom. The first kappa shape index (κ1) is 22.1. The van der Waals surface area contributed by atoms with Crippen LogP contribution in [0, 0.1) is 18.8 Å². The van der Waals surface area contributed by atoms with Gasteiger partial charge in [-0.05, 0) is 57.2 Å². The zero-order valence-corrected chi connectivity index (χ0v) is 17.4. The third-order valence-corrected chi connectivity index (χ3v) is 7.69. The van der Waals surface area contributed by atoms with Crippen LogP contribution in [0.2, 0.25) is 0 Å². The number of sulfonamides is 1. The van der Waals surface area contributed by atoms with Gasteiger partial charge in [0.2, 0.25) is 15.9 Å². The number of benzene rings is 1. The maximum absolute atomic E-state index is 12.7. The van der Waals surface area contributed by atoms with Crippen molar-refractivity contribution in [3.05, 3.63) is 29.8 Å².